The minimum absolute atomic E-state index is 0.175. The van der Waals surface area contributed by atoms with Gasteiger partial charge >= 0.3 is 0 Å². The number of rotatable bonds is 5. The largest absolute Gasteiger partial charge is 0.497 e. The normalized spacial score (nSPS) is 11.1. The second kappa shape index (κ2) is 7.60. The fourth-order valence-electron chi connectivity index (χ4n) is 3.36. The number of amides is 1. The van der Waals surface area contributed by atoms with Crippen molar-refractivity contribution in [2.45, 2.75) is 20.0 Å². The summed E-state index contributed by atoms with van der Waals surface area (Å²) in [5.74, 6) is 0.998. The molecule has 7 nitrogen and oxygen atoms in total. The lowest BCUT2D eigenvalue weighted by molar-refractivity contribution is -0.122. The molecule has 148 valence electrons. The Bertz CT molecular complexity index is 1290. The second-order valence-corrected chi connectivity index (χ2v) is 7.08. The molecule has 0 atom stereocenters. The molecule has 2 aromatic carbocycles. The summed E-state index contributed by atoms with van der Waals surface area (Å²) in [6.45, 7) is 1.91. The summed E-state index contributed by atoms with van der Waals surface area (Å²) in [6.07, 6.45) is 0. The van der Waals surface area contributed by atoms with Crippen LogP contribution in [0.25, 0.3) is 16.4 Å². The highest BCUT2D eigenvalue weighted by Gasteiger charge is 2.14. The maximum absolute atomic E-state index is 12.9. The molecule has 8 heteroatoms. The molecule has 0 radical (unpaired) electrons. The maximum Gasteiger partial charge on any atom is 0.291 e. The minimum Gasteiger partial charge on any atom is -0.497 e. The third-order valence-corrected chi connectivity index (χ3v) is 5.15. The van der Waals surface area contributed by atoms with Gasteiger partial charge < -0.3 is 10.1 Å². The highest BCUT2D eigenvalue weighted by atomic mass is 35.5. The van der Waals surface area contributed by atoms with Gasteiger partial charge in [0, 0.05) is 17.0 Å². The van der Waals surface area contributed by atoms with Gasteiger partial charge in [-0.1, -0.05) is 29.8 Å². The van der Waals surface area contributed by atoms with Crippen LogP contribution in [0.4, 0.5) is 0 Å². The molecule has 2 heterocycles. The first-order valence-corrected chi connectivity index (χ1v) is 9.43. The Morgan fingerprint density at radius 1 is 1.17 bits per heavy atom. The average molecular weight is 411 g/mol. The molecule has 0 saturated heterocycles. The number of nitrogens with zero attached hydrogens (tertiary/aromatic N) is 3. The Labute approximate surface area is 171 Å². The number of hydrogen-bond donors (Lipinski definition) is 1. The lowest BCUT2D eigenvalue weighted by atomic mass is 10.2. The lowest BCUT2D eigenvalue weighted by Gasteiger charge is -2.10. The average Bonchev–Trinajstić information content (AvgIpc) is 3.10. The van der Waals surface area contributed by atoms with Crippen molar-refractivity contribution in [2.75, 3.05) is 7.11 Å². The molecular weight excluding hydrogens is 392 g/mol. The minimum atomic E-state index is -0.335. The van der Waals surface area contributed by atoms with Crippen molar-refractivity contribution in [2.24, 2.45) is 0 Å². The smallest absolute Gasteiger partial charge is 0.291 e. The maximum atomic E-state index is 12.9. The van der Waals surface area contributed by atoms with E-state index in [1.165, 1.54) is 4.68 Å². The first-order chi connectivity index (χ1) is 14.0. The number of aromatic nitrogens is 3. The molecule has 0 bridgehead atoms. The Morgan fingerprint density at radius 3 is 2.72 bits per heavy atom. The zero-order valence-electron chi connectivity index (χ0n) is 16.0. The SMILES string of the molecule is COc1ccc2c(c1)cc1c(=O)n(CC(=O)NCc3ccccc3Cl)nc(C)n12. The molecule has 0 saturated carbocycles. The van der Waals surface area contributed by atoms with Gasteiger partial charge in [-0.05, 0) is 42.8 Å². The Hall–Kier alpha value is -3.32. The molecule has 4 aromatic rings. The number of benzene rings is 2. The van der Waals surface area contributed by atoms with E-state index in [4.69, 9.17) is 16.3 Å². The number of carbonyl (C=O) groups excluding carboxylic acids is 1. The van der Waals surface area contributed by atoms with E-state index >= 15 is 0 Å². The number of carbonyl (C=O) groups is 1. The third-order valence-electron chi connectivity index (χ3n) is 4.78. The van der Waals surface area contributed by atoms with E-state index in [9.17, 15) is 9.59 Å². The molecule has 0 fully saturated rings. The summed E-state index contributed by atoms with van der Waals surface area (Å²) in [4.78, 5) is 25.3. The summed E-state index contributed by atoms with van der Waals surface area (Å²) in [5.41, 5.74) is 1.79. The van der Waals surface area contributed by atoms with Crippen LogP contribution >= 0.6 is 11.6 Å². The zero-order chi connectivity index (χ0) is 20.5. The topological polar surface area (TPSA) is 77.6 Å². The van der Waals surface area contributed by atoms with Crippen molar-refractivity contribution in [3.63, 3.8) is 0 Å². The van der Waals surface area contributed by atoms with E-state index in [-0.39, 0.29) is 24.6 Å². The van der Waals surface area contributed by atoms with Gasteiger partial charge in [-0.3, -0.25) is 14.0 Å². The van der Waals surface area contributed by atoms with E-state index in [0.717, 1.165) is 16.5 Å². The van der Waals surface area contributed by atoms with Crippen LogP contribution in [0.1, 0.15) is 11.4 Å². The van der Waals surface area contributed by atoms with Gasteiger partial charge in [-0.15, -0.1) is 0 Å². The quantitative estimate of drug-likeness (QED) is 0.548. The molecule has 1 amide bonds. The molecule has 1 N–H and O–H groups in total. The molecular formula is C21H19ClN4O3. The van der Waals surface area contributed by atoms with Crippen LogP contribution in [0.5, 0.6) is 5.75 Å². The van der Waals surface area contributed by atoms with Crippen molar-refractivity contribution in [1.82, 2.24) is 19.5 Å². The number of ether oxygens (including phenoxy) is 1. The van der Waals surface area contributed by atoms with Crippen LogP contribution in [0.15, 0.2) is 53.3 Å². The van der Waals surface area contributed by atoms with Crippen LogP contribution in [-0.2, 0) is 17.9 Å². The molecule has 0 aliphatic carbocycles. The van der Waals surface area contributed by atoms with Gasteiger partial charge in [-0.25, -0.2) is 4.68 Å². The molecule has 0 unspecified atom stereocenters. The highest BCUT2D eigenvalue weighted by Crippen LogP contribution is 2.24. The Morgan fingerprint density at radius 2 is 1.97 bits per heavy atom. The summed E-state index contributed by atoms with van der Waals surface area (Å²) < 4.78 is 8.23. The van der Waals surface area contributed by atoms with Crippen LogP contribution in [0.2, 0.25) is 5.02 Å². The number of fused-ring (bicyclic) bond motifs is 3. The van der Waals surface area contributed by atoms with E-state index in [1.54, 1.807) is 30.6 Å². The van der Waals surface area contributed by atoms with Gasteiger partial charge in [0.2, 0.25) is 5.91 Å². The van der Waals surface area contributed by atoms with E-state index < -0.39 is 0 Å². The Balaban J connectivity index is 1.63. The summed E-state index contributed by atoms with van der Waals surface area (Å²) in [5, 5.41) is 8.55. The van der Waals surface area contributed by atoms with Crippen molar-refractivity contribution < 1.29 is 9.53 Å². The van der Waals surface area contributed by atoms with Crippen LogP contribution in [0, 0.1) is 6.92 Å². The van der Waals surface area contributed by atoms with Gasteiger partial charge in [0.1, 0.15) is 23.6 Å². The molecule has 2 aromatic heterocycles. The van der Waals surface area contributed by atoms with Gasteiger partial charge in [0.15, 0.2) is 0 Å². The summed E-state index contributed by atoms with van der Waals surface area (Å²) >= 11 is 6.11. The van der Waals surface area contributed by atoms with E-state index in [1.807, 2.05) is 36.4 Å². The number of hydrogen-bond acceptors (Lipinski definition) is 4. The van der Waals surface area contributed by atoms with E-state index in [0.29, 0.717) is 22.1 Å². The third kappa shape index (κ3) is 3.56. The second-order valence-electron chi connectivity index (χ2n) is 6.67. The molecule has 0 aliphatic heterocycles. The fourth-order valence-corrected chi connectivity index (χ4v) is 3.56. The standard InChI is InChI=1S/C21H19ClN4O3/c1-13-24-25(12-20(27)23-11-14-5-3-4-6-17(14)22)21(28)19-10-15-9-16(29-2)7-8-18(15)26(13)19/h3-10H,11-12H2,1-2H3,(H,23,27). The number of aryl methyl sites for hydroxylation is 1. The zero-order valence-corrected chi connectivity index (χ0v) is 16.7. The van der Waals surface area contributed by atoms with Crippen LogP contribution < -0.4 is 15.6 Å². The number of methoxy groups -OCH3 is 1. The van der Waals surface area contributed by atoms with Gasteiger partial charge in [-0.2, -0.15) is 5.10 Å². The first kappa shape index (κ1) is 19.0. The fraction of sp³-hybridized carbons (Fsp3) is 0.190. The molecule has 29 heavy (non-hydrogen) atoms. The molecule has 0 aliphatic rings. The van der Waals surface area contributed by atoms with Crippen molar-refractivity contribution in [3.05, 3.63) is 75.3 Å². The molecule has 4 rings (SSSR count). The number of halogens is 1. The summed E-state index contributed by atoms with van der Waals surface area (Å²) in [6, 6.07) is 14.6. The van der Waals surface area contributed by atoms with Gasteiger partial charge in [0.25, 0.3) is 5.56 Å². The van der Waals surface area contributed by atoms with Crippen LogP contribution in [-0.4, -0.2) is 27.2 Å². The van der Waals surface area contributed by atoms with Crippen LogP contribution in [0.3, 0.4) is 0 Å². The first-order valence-electron chi connectivity index (χ1n) is 9.05. The van der Waals surface area contributed by atoms with Crippen molar-refractivity contribution >= 4 is 33.9 Å². The van der Waals surface area contributed by atoms with Crippen molar-refractivity contribution in [3.8, 4) is 5.75 Å². The lowest BCUT2D eigenvalue weighted by Crippen LogP contribution is -2.34. The number of nitrogens with one attached hydrogen (secondary N) is 1. The Kier molecular flexibility index (Phi) is 4.98. The van der Waals surface area contributed by atoms with Crippen molar-refractivity contribution in [1.29, 1.82) is 0 Å². The summed E-state index contributed by atoms with van der Waals surface area (Å²) in [7, 11) is 1.60. The predicted molar refractivity (Wildman–Crippen MR) is 112 cm³/mol. The molecule has 0 spiro atoms. The highest BCUT2D eigenvalue weighted by molar-refractivity contribution is 6.31. The van der Waals surface area contributed by atoms with E-state index in [2.05, 4.69) is 10.4 Å². The predicted octanol–water partition coefficient (Wildman–Crippen LogP) is 2.94. The monoisotopic (exact) mass is 410 g/mol. The van der Waals surface area contributed by atoms with Gasteiger partial charge in [0.05, 0.1) is 12.6 Å².